The minimum Gasteiger partial charge on any atom is -0.497 e. The van der Waals surface area contributed by atoms with Gasteiger partial charge in [0.15, 0.2) is 0 Å². The SMILES string of the molecule is CCOC(=O)Nc1ccc(OC)cc1.CCOC(=O)Nc1ccc(OC)cc1.OCC#CC#CCO. The monoisotopic (exact) mass is 500 g/mol. The summed E-state index contributed by atoms with van der Waals surface area (Å²) in [5.41, 5.74) is 1.37. The number of hydrogen-bond acceptors (Lipinski definition) is 8. The van der Waals surface area contributed by atoms with E-state index in [2.05, 4.69) is 34.3 Å². The number of anilines is 2. The highest BCUT2D eigenvalue weighted by molar-refractivity contribution is 5.85. The largest absolute Gasteiger partial charge is 0.497 e. The van der Waals surface area contributed by atoms with Crippen LogP contribution in [0.3, 0.4) is 0 Å². The highest BCUT2D eigenvalue weighted by atomic mass is 16.6. The number of carbonyl (C=O) groups excluding carboxylic acids is 2. The number of aliphatic hydroxyl groups is 2. The van der Waals surface area contributed by atoms with Gasteiger partial charge in [-0.1, -0.05) is 11.8 Å². The normalized spacial score (nSPS) is 8.50. The third-order valence-electron chi connectivity index (χ3n) is 3.62. The van der Waals surface area contributed by atoms with Gasteiger partial charge in [-0.25, -0.2) is 9.59 Å². The van der Waals surface area contributed by atoms with Gasteiger partial charge in [0.1, 0.15) is 24.7 Å². The predicted octanol–water partition coefficient (Wildman–Crippen LogP) is 3.51. The molecule has 0 atom stereocenters. The first-order valence-electron chi connectivity index (χ1n) is 10.8. The van der Waals surface area contributed by atoms with E-state index in [0.29, 0.717) is 24.6 Å². The van der Waals surface area contributed by atoms with Crippen LogP contribution < -0.4 is 20.1 Å². The number of ether oxygens (including phenoxy) is 4. The third-order valence-corrected chi connectivity index (χ3v) is 3.62. The lowest BCUT2D eigenvalue weighted by atomic mass is 10.3. The lowest BCUT2D eigenvalue weighted by molar-refractivity contribution is 0.167. The van der Waals surface area contributed by atoms with Crippen LogP contribution in [0.1, 0.15) is 13.8 Å². The maximum absolute atomic E-state index is 11.0. The molecule has 0 fully saturated rings. The van der Waals surface area contributed by atoms with E-state index in [9.17, 15) is 9.59 Å². The number of hydrogen-bond donors (Lipinski definition) is 4. The number of amides is 2. The molecule has 2 aromatic rings. The summed E-state index contributed by atoms with van der Waals surface area (Å²) in [6.45, 7) is 3.88. The average molecular weight is 501 g/mol. The van der Waals surface area contributed by atoms with Gasteiger partial charge in [-0.2, -0.15) is 0 Å². The molecular formula is C26H32N2O8. The van der Waals surface area contributed by atoms with E-state index in [-0.39, 0.29) is 13.2 Å². The van der Waals surface area contributed by atoms with Crippen molar-refractivity contribution in [3.05, 3.63) is 48.5 Å². The smallest absolute Gasteiger partial charge is 0.411 e. The van der Waals surface area contributed by atoms with Crippen LogP contribution in [0.2, 0.25) is 0 Å². The standard InChI is InChI=1S/2C10H13NO3.C6H6O2/c2*1-3-14-10(12)11-8-4-6-9(13-2)7-5-8;7-5-3-1-2-4-6-8/h2*4-7H,3H2,1-2H3,(H,11,12);7-8H,5-6H2. The van der Waals surface area contributed by atoms with Crippen LogP contribution in [0.25, 0.3) is 0 Å². The van der Waals surface area contributed by atoms with Gasteiger partial charge in [0.2, 0.25) is 0 Å². The molecule has 4 N–H and O–H groups in total. The van der Waals surface area contributed by atoms with Crippen molar-refractivity contribution in [1.29, 1.82) is 0 Å². The minimum atomic E-state index is -0.447. The van der Waals surface area contributed by atoms with Crippen molar-refractivity contribution in [3.8, 4) is 35.2 Å². The molecule has 0 saturated heterocycles. The molecule has 0 aromatic heterocycles. The van der Waals surface area contributed by atoms with Crippen molar-refractivity contribution < 1.29 is 38.7 Å². The highest BCUT2D eigenvalue weighted by Crippen LogP contribution is 2.15. The molecule has 10 heteroatoms. The van der Waals surface area contributed by atoms with Crippen molar-refractivity contribution in [2.45, 2.75) is 13.8 Å². The van der Waals surface area contributed by atoms with Crippen LogP contribution in [-0.4, -0.2) is 63.0 Å². The van der Waals surface area contributed by atoms with Crippen LogP contribution in [0, 0.1) is 23.7 Å². The molecule has 194 valence electrons. The second kappa shape index (κ2) is 21.2. The van der Waals surface area contributed by atoms with E-state index < -0.39 is 12.2 Å². The number of rotatable bonds is 6. The molecule has 0 heterocycles. The number of carbonyl (C=O) groups is 2. The summed E-state index contributed by atoms with van der Waals surface area (Å²) in [7, 11) is 3.18. The first-order valence-corrected chi connectivity index (χ1v) is 10.8. The van der Waals surface area contributed by atoms with E-state index in [1.54, 1.807) is 76.6 Å². The Balaban J connectivity index is 0.000000533. The Hall–Kier alpha value is -4.38. The Morgan fingerprint density at radius 2 is 1.03 bits per heavy atom. The maximum Gasteiger partial charge on any atom is 0.411 e. The molecule has 2 amide bonds. The van der Waals surface area contributed by atoms with Gasteiger partial charge < -0.3 is 29.2 Å². The van der Waals surface area contributed by atoms with Gasteiger partial charge in [0, 0.05) is 11.4 Å². The summed E-state index contributed by atoms with van der Waals surface area (Å²) in [5, 5.41) is 21.3. The van der Waals surface area contributed by atoms with E-state index >= 15 is 0 Å². The van der Waals surface area contributed by atoms with E-state index in [0.717, 1.165) is 11.5 Å². The maximum atomic E-state index is 11.0. The molecule has 36 heavy (non-hydrogen) atoms. The fourth-order valence-electron chi connectivity index (χ4n) is 2.09. The Morgan fingerprint density at radius 3 is 1.28 bits per heavy atom. The lowest BCUT2D eigenvalue weighted by Gasteiger charge is -2.05. The topological polar surface area (TPSA) is 136 Å². The van der Waals surface area contributed by atoms with Gasteiger partial charge in [-0.3, -0.25) is 10.6 Å². The summed E-state index contributed by atoms with van der Waals surface area (Å²) in [6, 6.07) is 14.0. The van der Waals surface area contributed by atoms with Gasteiger partial charge in [0.05, 0.1) is 27.4 Å². The molecule has 2 aromatic carbocycles. The summed E-state index contributed by atoms with van der Waals surface area (Å²) in [4.78, 5) is 22.0. The fourth-order valence-corrected chi connectivity index (χ4v) is 2.09. The second-order valence-electron chi connectivity index (χ2n) is 6.07. The van der Waals surface area contributed by atoms with Gasteiger partial charge in [0.25, 0.3) is 0 Å². The Bertz CT molecular complexity index is 917. The molecule has 0 aliphatic rings. The van der Waals surface area contributed by atoms with Crippen molar-refractivity contribution in [2.75, 3.05) is 51.3 Å². The predicted molar refractivity (Wildman–Crippen MR) is 137 cm³/mol. The van der Waals surface area contributed by atoms with Gasteiger partial charge in [-0.15, -0.1) is 0 Å². The molecule has 0 spiro atoms. The Morgan fingerprint density at radius 1 is 0.694 bits per heavy atom. The van der Waals surface area contributed by atoms with Gasteiger partial charge >= 0.3 is 12.2 Å². The van der Waals surface area contributed by atoms with Crippen LogP contribution in [0.5, 0.6) is 11.5 Å². The minimum absolute atomic E-state index is 0.180. The second-order valence-corrected chi connectivity index (χ2v) is 6.07. The number of aliphatic hydroxyl groups excluding tert-OH is 2. The van der Waals surface area contributed by atoms with Crippen molar-refractivity contribution in [3.63, 3.8) is 0 Å². The van der Waals surface area contributed by atoms with E-state index in [1.165, 1.54) is 0 Å². The first kappa shape index (κ1) is 31.6. The van der Waals surface area contributed by atoms with Gasteiger partial charge in [-0.05, 0) is 74.2 Å². The van der Waals surface area contributed by atoms with E-state index in [1.807, 2.05) is 0 Å². The molecule has 0 radical (unpaired) electrons. The van der Waals surface area contributed by atoms with E-state index in [4.69, 9.17) is 29.2 Å². The zero-order valence-electron chi connectivity index (χ0n) is 20.8. The summed E-state index contributed by atoms with van der Waals surface area (Å²) >= 11 is 0. The number of benzene rings is 2. The first-order chi connectivity index (χ1) is 17.4. The van der Waals surface area contributed by atoms with Crippen LogP contribution in [-0.2, 0) is 9.47 Å². The molecule has 2 rings (SSSR count). The molecule has 0 aliphatic carbocycles. The van der Waals surface area contributed by atoms with Crippen LogP contribution in [0.4, 0.5) is 21.0 Å². The molecule has 0 unspecified atom stereocenters. The molecule has 0 saturated carbocycles. The number of methoxy groups -OCH3 is 2. The lowest BCUT2D eigenvalue weighted by Crippen LogP contribution is -2.12. The molecule has 0 aliphatic heterocycles. The summed E-state index contributed by atoms with van der Waals surface area (Å²) in [6.07, 6.45) is -0.893. The van der Waals surface area contributed by atoms with Crippen LogP contribution >= 0.6 is 0 Å². The Kier molecular flexibility index (Phi) is 18.6. The quantitative estimate of drug-likeness (QED) is 0.443. The molecule has 10 nitrogen and oxygen atoms in total. The van der Waals surface area contributed by atoms with Crippen molar-refractivity contribution in [1.82, 2.24) is 0 Å². The fraction of sp³-hybridized carbons (Fsp3) is 0.308. The molecule has 0 bridgehead atoms. The van der Waals surface area contributed by atoms with Crippen molar-refractivity contribution >= 4 is 23.6 Å². The zero-order chi connectivity index (χ0) is 27.0. The van der Waals surface area contributed by atoms with Crippen molar-refractivity contribution in [2.24, 2.45) is 0 Å². The highest BCUT2D eigenvalue weighted by Gasteiger charge is 2.01. The summed E-state index contributed by atoms with van der Waals surface area (Å²) in [5.74, 6) is 10.7. The zero-order valence-corrected chi connectivity index (χ0v) is 20.8. The number of nitrogens with one attached hydrogen (secondary N) is 2. The summed E-state index contributed by atoms with van der Waals surface area (Å²) < 4.78 is 19.4. The molecular weight excluding hydrogens is 468 g/mol. The third kappa shape index (κ3) is 16.3. The van der Waals surface area contributed by atoms with Crippen LogP contribution in [0.15, 0.2) is 48.5 Å². The average Bonchev–Trinajstić information content (AvgIpc) is 2.89. The Labute approximate surface area is 211 Å².